The molecule has 1 saturated heterocycles. The van der Waals surface area contributed by atoms with Crippen LogP contribution in [0.3, 0.4) is 0 Å². The lowest BCUT2D eigenvalue weighted by Crippen LogP contribution is -2.37. The van der Waals surface area contributed by atoms with E-state index in [1.165, 1.54) is 24.9 Å². The van der Waals surface area contributed by atoms with Crippen molar-refractivity contribution >= 4 is 0 Å². The predicted molar refractivity (Wildman–Crippen MR) is 84.2 cm³/mol. The second-order valence-electron chi connectivity index (χ2n) is 5.93. The Balaban J connectivity index is 1.86. The lowest BCUT2D eigenvalue weighted by atomic mass is 10.1. The predicted octanol–water partition coefficient (Wildman–Crippen LogP) is 3.05. The van der Waals surface area contributed by atoms with Crippen LogP contribution in [0.5, 0.6) is 5.75 Å². The molecule has 1 fully saturated rings. The molecule has 112 valence electrons. The standard InChI is InChI=1S/C17H28N2O/c1-4-19(13-16-6-5-11-18-16)12-15-7-9-17(10-8-15)20-14(2)3/h7-10,14,16,18H,4-6,11-13H2,1-3H3. The molecule has 1 atom stereocenters. The van der Waals surface area contributed by atoms with Crippen LogP contribution in [0.2, 0.25) is 0 Å². The molecular weight excluding hydrogens is 248 g/mol. The summed E-state index contributed by atoms with van der Waals surface area (Å²) in [5.74, 6) is 0.962. The minimum absolute atomic E-state index is 0.237. The van der Waals surface area contributed by atoms with Crippen LogP contribution >= 0.6 is 0 Å². The van der Waals surface area contributed by atoms with Crippen molar-refractivity contribution in [1.82, 2.24) is 10.2 Å². The van der Waals surface area contributed by atoms with Gasteiger partial charge in [0.05, 0.1) is 6.10 Å². The van der Waals surface area contributed by atoms with Crippen molar-refractivity contribution in [2.45, 2.75) is 52.3 Å². The Labute approximate surface area is 123 Å². The summed E-state index contributed by atoms with van der Waals surface area (Å²) in [5, 5.41) is 3.58. The van der Waals surface area contributed by atoms with Gasteiger partial charge in [0, 0.05) is 19.1 Å². The van der Waals surface area contributed by atoms with Crippen LogP contribution in [0.15, 0.2) is 24.3 Å². The zero-order valence-electron chi connectivity index (χ0n) is 13.1. The second kappa shape index (κ2) is 7.65. The summed E-state index contributed by atoms with van der Waals surface area (Å²) in [5.41, 5.74) is 1.36. The van der Waals surface area contributed by atoms with Crippen molar-refractivity contribution in [3.8, 4) is 5.75 Å². The molecule has 1 aliphatic rings. The number of ether oxygens (including phenoxy) is 1. The highest BCUT2D eigenvalue weighted by Crippen LogP contribution is 2.16. The first kappa shape index (κ1) is 15.3. The molecule has 0 spiro atoms. The van der Waals surface area contributed by atoms with Gasteiger partial charge in [0.15, 0.2) is 0 Å². The average molecular weight is 276 g/mol. The maximum absolute atomic E-state index is 5.68. The van der Waals surface area contributed by atoms with Crippen LogP contribution in [0.25, 0.3) is 0 Å². The Hall–Kier alpha value is -1.06. The smallest absolute Gasteiger partial charge is 0.119 e. The Morgan fingerprint density at radius 1 is 1.30 bits per heavy atom. The Morgan fingerprint density at radius 3 is 2.60 bits per heavy atom. The molecule has 3 heteroatoms. The largest absolute Gasteiger partial charge is 0.491 e. The van der Waals surface area contributed by atoms with Crippen molar-refractivity contribution < 1.29 is 4.74 Å². The lowest BCUT2D eigenvalue weighted by molar-refractivity contribution is 0.241. The Morgan fingerprint density at radius 2 is 2.05 bits per heavy atom. The van der Waals surface area contributed by atoms with Crippen molar-refractivity contribution in [2.24, 2.45) is 0 Å². The fourth-order valence-corrected chi connectivity index (χ4v) is 2.73. The van der Waals surface area contributed by atoms with Crippen molar-refractivity contribution in [3.05, 3.63) is 29.8 Å². The van der Waals surface area contributed by atoms with E-state index in [0.29, 0.717) is 6.04 Å². The molecule has 20 heavy (non-hydrogen) atoms. The van der Waals surface area contributed by atoms with Gasteiger partial charge in [0.25, 0.3) is 0 Å². The van der Waals surface area contributed by atoms with Gasteiger partial charge in [-0.05, 0) is 57.5 Å². The minimum atomic E-state index is 0.237. The highest BCUT2D eigenvalue weighted by atomic mass is 16.5. The maximum atomic E-state index is 5.68. The summed E-state index contributed by atoms with van der Waals surface area (Å²) in [4.78, 5) is 2.52. The van der Waals surface area contributed by atoms with Crippen LogP contribution in [-0.4, -0.2) is 36.7 Å². The van der Waals surface area contributed by atoms with E-state index < -0.39 is 0 Å². The highest BCUT2D eigenvalue weighted by molar-refractivity contribution is 5.27. The second-order valence-corrected chi connectivity index (χ2v) is 5.93. The van der Waals surface area contributed by atoms with Crippen LogP contribution in [-0.2, 0) is 6.54 Å². The Bertz CT molecular complexity index is 382. The first-order valence-electron chi connectivity index (χ1n) is 7.88. The van der Waals surface area contributed by atoms with Crippen molar-refractivity contribution in [1.29, 1.82) is 0 Å². The molecule has 1 aromatic carbocycles. The van der Waals surface area contributed by atoms with E-state index in [1.54, 1.807) is 0 Å². The number of likely N-dealkylation sites (N-methyl/N-ethyl adjacent to an activating group) is 1. The zero-order chi connectivity index (χ0) is 14.4. The van der Waals surface area contributed by atoms with Gasteiger partial charge in [-0.3, -0.25) is 4.90 Å². The molecular formula is C17H28N2O. The van der Waals surface area contributed by atoms with E-state index in [0.717, 1.165) is 25.4 Å². The molecule has 1 aliphatic heterocycles. The number of hydrogen-bond donors (Lipinski definition) is 1. The van der Waals surface area contributed by atoms with Gasteiger partial charge in [-0.1, -0.05) is 19.1 Å². The van der Waals surface area contributed by atoms with E-state index in [2.05, 4.69) is 55.3 Å². The SMILES string of the molecule is CCN(Cc1ccc(OC(C)C)cc1)CC1CCCN1. The number of hydrogen-bond acceptors (Lipinski definition) is 3. The summed E-state index contributed by atoms with van der Waals surface area (Å²) in [6.07, 6.45) is 2.88. The summed E-state index contributed by atoms with van der Waals surface area (Å²) in [6, 6.07) is 9.21. The third kappa shape index (κ3) is 4.80. The number of nitrogens with zero attached hydrogens (tertiary/aromatic N) is 1. The highest BCUT2D eigenvalue weighted by Gasteiger charge is 2.17. The van der Waals surface area contributed by atoms with E-state index in [4.69, 9.17) is 4.74 Å². The van der Waals surface area contributed by atoms with E-state index >= 15 is 0 Å². The summed E-state index contributed by atoms with van der Waals surface area (Å²) >= 11 is 0. The van der Waals surface area contributed by atoms with Crippen LogP contribution in [0.1, 0.15) is 39.2 Å². The Kier molecular flexibility index (Phi) is 5.86. The molecule has 1 N–H and O–H groups in total. The average Bonchev–Trinajstić information content (AvgIpc) is 2.92. The molecule has 0 amide bonds. The van der Waals surface area contributed by atoms with Gasteiger partial charge in [-0.15, -0.1) is 0 Å². The molecule has 0 radical (unpaired) electrons. The molecule has 3 nitrogen and oxygen atoms in total. The lowest BCUT2D eigenvalue weighted by Gasteiger charge is -2.24. The molecule has 2 rings (SSSR count). The van der Waals surface area contributed by atoms with Crippen LogP contribution < -0.4 is 10.1 Å². The van der Waals surface area contributed by atoms with Gasteiger partial charge in [0.1, 0.15) is 5.75 Å². The van der Waals surface area contributed by atoms with Gasteiger partial charge in [-0.25, -0.2) is 0 Å². The molecule has 0 aliphatic carbocycles. The van der Waals surface area contributed by atoms with Gasteiger partial charge >= 0.3 is 0 Å². The summed E-state index contributed by atoms with van der Waals surface area (Å²) in [6.45, 7) is 10.8. The molecule has 1 heterocycles. The fraction of sp³-hybridized carbons (Fsp3) is 0.647. The molecule has 1 unspecified atom stereocenters. The van der Waals surface area contributed by atoms with Crippen LogP contribution in [0.4, 0.5) is 0 Å². The van der Waals surface area contributed by atoms with Crippen LogP contribution in [0, 0.1) is 0 Å². The number of benzene rings is 1. The quantitative estimate of drug-likeness (QED) is 0.828. The van der Waals surface area contributed by atoms with Gasteiger partial charge < -0.3 is 10.1 Å². The minimum Gasteiger partial charge on any atom is -0.491 e. The van der Waals surface area contributed by atoms with Gasteiger partial charge in [0.2, 0.25) is 0 Å². The maximum Gasteiger partial charge on any atom is 0.119 e. The fourth-order valence-electron chi connectivity index (χ4n) is 2.73. The topological polar surface area (TPSA) is 24.5 Å². The normalized spacial score (nSPS) is 18.9. The van der Waals surface area contributed by atoms with Gasteiger partial charge in [-0.2, -0.15) is 0 Å². The van der Waals surface area contributed by atoms with E-state index in [1.807, 2.05) is 0 Å². The first-order valence-corrected chi connectivity index (χ1v) is 7.88. The van der Waals surface area contributed by atoms with E-state index in [9.17, 15) is 0 Å². The van der Waals surface area contributed by atoms with Crippen molar-refractivity contribution in [3.63, 3.8) is 0 Å². The summed E-state index contributed by atoms with van der Waals surface area (Å²) < 4.78 is 5.68. The number of nitrogens with one attached hydrogen (secondary N) is 1. The summed E-state index contributed by atoms with van der Waals surface area (Å²) in [7, 11) is 0. The molecule has 0 bridgehead atoms. The van der Waals surface area contributed by atoms with Crippen molar-refractivity contribution in [2.75, 3.05) is 19.6 Å². The monoisotopic (exact) mass is 276 g/mol. The molecule has 0 aromatic heterocycles. The number of rotatable bonds is 7. The molecule has 1 aromatic rings. The zero-order valence-corrected chi connectivity index (χ0v) is 13.1. The molecule has 0 saturated carbocycles. The third-order valence-corrected chi connectivity index (χ3v) is 3.79. The first-order chi connectivity index (χ1) is 9.67. The third-order valence-electron chi connectivity index (χ3n) is 3.79. The van der Waals surface area contributed by atoms with E-state index in [-0.39, 0.29) is 6.10 Å².